The zero-order chi connectivity index (χ0) is 16.8. The maximum Gasteiger partial charge on any atom is 0.350 e. The number of carbonyl (C=O) groups excluding carboxylic acids is 1. The number of amides is 1. The number of aryl methyl sites for hydroxylation is 1. The fourth-order valence-electron chi connectivity index (χ4n) is 3.10. The molecule has 3 heterocycles. The molecule has 0 unspecified atom stereocenters. The first kappa shape index (κ1) is 14.7. The number of hydrogen-bond acceptors (Lipinski definition) is 6. The minimum Gasteiger partial charge on any atom is -0.494 e. The average molecular weight is 327 g/mol. The van der Waals surface area contributed by atoms with E-state index in [2.05, 4.69) is 10.4 Å². The smallest absolute Gasteiger partial charge is 0.350 e. The molecule has 1 amide bonds. The molecule has 0 atom stereocenters. The summed E-state index contributed by atoms with van der Waals surface area (Å²) < 4.78 is 6.92. The Kier molecular flexibility index (Phi) is 3.27. The van der Waals surface area contributed by atoms with Crippen LogP contribution in [0, 0.1) is 6.92 Å². The lowest BCUT2D eigenvalue weighted by Crippen LogP contribution is -2.50. The SMILES string of the molecule is CCOc1ccc(N2CN3NCn4c3c(c(C)nc4=O)C2=O)cc1. The first-order chi connectivity index (χ1) is 11.6. The number of nitrogens with one attached hydrogen (secondary N) is 1. The van der Waals surface area contributed by atoms with Gasteiger partial charge in [0.1, 0.15) is 23.8 Å². The predicted octanol–water partition coefficient (Wildman–Crippen LogP) is 0.850. The Labute approximate surface area is 138 Å². The number of ether oxygens (including phenoxy) is 1. The van der Waals surface area contributed by atoms with Gasteiger partial charge in [0.15, 0.2) is 0 Å². The molecule has 0 spiro atoms. The predicted molar refractivity (Wildman–Crippen MR) is 88.1 cm³/mol. The molecule has 1 aromatic heterocycles. The lowest BCUT2D eigenvalue weighted by Gasteiger charge is -2.34. The summed E-state index contributed by atoms with van der Waals surface area (Å²) in [4.78, 5) is 30.6. The molecule has 1 aromatic carbocycles. The van der Waals surface area contributed by atoms with Crippen LogP contribution in [0.3, 0.4) is 0 Å². The van der Waals surface area contributed by atoms with Gasteiger partial charge in [-0.3, -0.25) is 19.3 Å². The van der Waals surface area contributed by atoms with Crippen molar-refractivity contribution >= 4 is 17.4 Å². The number of aromatic nitrogens is 2. The van der Waals surface area contributed by atoms with Crippen LogP contribution in [0.25, 0.3) is 0 Å². The van der Waals surface area contributed by atoms with Gasteiger partial charge in [0, 0.05) is 5.69 Å². The molecule has 0 saturated heterocycles. The minimum absolute atomic E-state index is 0.159. The lowest BCUT2D eigenvalue weighted by molar-refractivity contribution is 0.0980. The topological polar surface area (TPSA) is 79.7 Å². The van der Waals surface area contributed by atoms with Crippen molar-refractivity contribution in [3.05, 3.63) is 46.0 Å². The highest BCUT2D eigenvalue weighted by Gasteiger charge is 2.37. The van der Waals surface area contributed by atoms with Gasteiger partial charge in [-0.05, 0) is 38.1 Å². The van der Waals surface area contributed by atoms with E-state index in [0.29, 0.717) is 37.0 Å². The molecule has 8 heteroatoms. The highest BCUT2D eigenvalue weighted by molar-refractivity contribution is 6.11. The summed E-state index contributed by atoms with van der Waals surface area (Å²) in [6.07, 6.45) is 0. The van der Waals surface area contributed by atoms with Crippen LogP contribution >= 0.6 is 0 Å². The minimum atomic E-state index is -0.344. The quantitative estimate of drug-likeness (QED) is 0.900. The average Bonchev–Trinajstić information content (AvgIpc) is 2.98. The van der Waals surface area contributed by atoms with Gasteiger partial charge in [-0.15, -0.1) is 0 Å². The number of benzene rings is 1. The molecule has 8 nitrogen and oxygen atoms in total. The Morgan fingerprint density at radius 1 is 1.25 bits per heavy atom. The van der Waals surface area contributed by atoms with E-state index >= 15 is 0 Å². The van der Waals surface area contributed by atoms with Crippen LogP contribution in [0.5, 0.6) is 5.75 Å². The second kappa shape index (κ2) is 5.34. The van der Waals surface area contributed by atoms with Crippen molar-refractivity contribution in [2.45, 2.75) is 20.5 Å². The van der Waals surface area contributed by atoms with Crippen LogP contribution in [0.1, 0.15) is 23.0 Å². The van der Waals surface area contributed by atoms with Gasteiger partial charge in [-0.25, -0.2) is 10.2 Å². The Bertz CT molecular complexity index is 875. The van der Waals surface area contributed by atoms with E-state index in [1.807, 2.05) is 36.2 Å². The van der Waals surface area contributed by atoms with Gasteiger partial charge in [0.05, 0.1) is 19.0 Å². The summed E-state index contributed by atoms with van der Waals surface area (Å²) >= 11 is 0. The van der Waals surface area contributed by atoms with E-state index in [1.54, 1.807) is 11.8 Å². The second-order valence-corrected chi connectivity index (χ2v) is 5.65. The van der Waals surface area contributed by atoms with Crippen LogP contribution in [0.2, 0.25) is 0 Å². The normalized spacial score (nSPS) is 15.7. The Morgan fingerprint density at radius 2 is 2.00 bits per heavy atom. The highest BCUT2D eigenvalue weighted by Crippen LogP contribution is 2.32. The van der Waals surface area contributed by atoms with Gasteiger partial charge in [0.25, 0.3) is 5.91 Å². The van der Waals surface area contributed by atoms with Crippen LogP contribution in [-0.2, 0) is 6.67 Å². The van der Waals surface area contributed by atoms with E-state index in [1.165, 1.54) is 4.57 Å². The fourth-order valence-corrected chi connectivity index (χ4v) is 3.10. The first-order valence-electron chi connectivity index (χ1n) is 7.77. The third-order valence-electron chi connectivity index (χ3n) is 4.21. The van der Waals surface area contributed by atoms with E-state index < -0.39 is 0 Å². The number of carbonyl (C=O) groups is 1. The van der Waals surface area contributed by atoms with Gasteiger partial charge in [-0.2, -0.15) is 4.98 Å². The molecule has 0 bridgehead atoms. The summed E-state index contributed by atoms with van der Waals surface area (Å²) in [5, 5.41) is 1.81. The third-order valence-corrected chi connectivity index (χ3v) is 4.21. The first-order valence-corrected chi connectivity index (χ1v) is 7.77. The maximum absolute atomic E-state index is 13.0. The van der Waals surface area contributed by atoms with Gasteiger partial charge < -0.3 is 4.74 Å². The molecule has 0 saturated carbocycles. The summed E-state index contributed by atoms with van der Waals surface area (Å²) in [6, 6.07) is 7.38. The largest absolute Gasteiger partial charge is 0.494 e. The maximum atomic E-state index is 13.0. The molecule has 0 radical (unpaired) electrons. The van der Waals surface area contributed by atoms with Crippen LogP contribution in [-0.4, -0.2) is 28.7 Å². The molecule has 4 rings (SSSR count). The van der Waals surface area contributed by atoms with Crippen LogP contribution in [0.4, 0.5) is 11.5 Å². The van der Waals surface area contributed by atoms with Crippen molar-refractivity contribution in [2.75, 3.05) is 23.2 Å². The van der Waals surface area contributed by atoms with Gasteiger partial charge in [0.2, 0.25) is 0 Å². The monoisotopic (exact) mass is 327 g/mol. The van der Waals surface area contributed by atoms with Crippen molar-refractivity contribution in [1.82, 2.24) is 15.0 Å². The van der Waals surface area contributed by atoms with Crippen molar-refractivity contribution < 1.29 is 9.53 Å². The van der Waals surface area contributed by atoms with E-state index in [9.17, 15) is 9.59 Å². The molecule has 1 N–H and O–H groups in total. The van der Waals surface area contributed by atoms with Crippen LogP contribution in [0.15, 0.2) is 29.1 Å². The molecule has 2 aliphatic heterocycles. The lowest BCUT2D eigenvalue weighted by atomic mass is 10.1. The van der Waals surface area contributed by atoms with E-state index in [-0.39, 0.29) is 11.6 Å². The summed E-state index contributed by atoms with van der Waals surface area (Å²) in [7, 11) is 0. The van der Waals surface area contributed by atoms with Crippen LogP contribution < -0.4 is 25.8 Å². The highest BCUT2D eigenvalue weighted by atomic mass is 16.5. The molecule has 2 aromatic rings. The van der Waals surface area contributed by atoms with Gasteiger partial charge >= 0.3 is 5.69 Å². The standard InChI is InChI=1S/C16H17N5O3/c1-3-24-12-6-4-11(5-7-12)20-9-21-14-13(15(20)22)10(2)18-16(23)19(14)8-17-21/h4-7,17H,3,8-9H2,1-2H3. The molecular formula is C16H17N5O3. The fraction of sp³-hybridized carbons (Fsp3) is 0.312. The Hall–Kier alpha value is -2.87. The number of hydrogen-bond donors (Lipinski definition) is 1. The number of nitrogens with zero attached hydrogens (tertiary/aromatic N) is 4. The van der Waals surface area contributed by atoms with Crippen molar-refractivity contribution in [1.29, 1.82) is 0 Å². The molecule has 124 valence electrons. The van der Waals surface area contributed by atoms with Crippen molar-refractivity contribution in [3.63, 3.8) is 0 Å². The van der Waals surface area contributed by atoms with Crippen molar-refractivity contribution in [2.24, 2.45) is 0 Å². The molecule has 2 aliphatic rings. The van der Waals surface area contributed by atoms with Gasteiger partial charge in [-0.1, -0.05) is 0 Å². The molecular weight excluding hydrogens is 310 g/mol. The van der Waals surface area contributed by atoms with Crippen molar-refractivity contribution in [3.8, 4) is 5.75 Å². The Balaban J connectivity index is 1.76. The summed E-state index contributed by atoms with van der Waals surface area (Å²) in [6.45, 7) is 4.85. The third kappa shape index (κ3) is 2.07. The molecule has 0 fully saturated rings. The summed E-state index contributed by atoms with van der Waals surface area (Å²) in [5.74, 6) is 1.20. The zero-order valence-electron chi connectivity index (χ0n) is 13.4. The summed E-state index contributed by atoms with van der Waals surface area (Å²) in [5.41, 5.74) is 4.44. The van der Waals surface area contributed by atoms with E-state index in [4.69, 9.17) is 4.74 Å². The Morgan fingerprint density at radius 3 is 2.71 bits per heavy atom. The second-order valence-electron chi connectivity index (χ2n) is 5.65. The number of anilines is 2. The molecule has 24 heavy (non-hydrogen) atoms. The molecule has 0 aliphatic carbocycles. The van der Waals surface area contributed by atoms with E-state index in [0.717, 1.165) is 11.4 Å². The number of hydrazine groups is 1. The number of rotatable bonds is 3. The zero-order valence-corrected chi connectivity index (χ0v) is 13.4.